The van der Waals surface area contributed by atoms with Crippen LogP contribution in [0.1, 0.15) is 36.0 Å². The number of rotatable bonds is 4. The van der Waals surface area contributed by atoms with Crippen LogP contribution in [0.25, 0.3) is 0 Å². The first-order chi connectivity index (χ1) is 11.5. The summed E-state index contributed by atoms with van der Waals surface area (Å²) < 4.78 is 0. The molecule has 128 valence electrons. The SMILES string of the molecule is CC.CC(=O)c1cc(/C(N)=N\OC(=O)Nc2ccc(Cl)cc2)cs1. The minimum atomic E-state index is -0.785. The molecule has 8 heteroatoms. The van der Waals surface area contributed by atoms with Crippen LogP contribution in [-0.4, -0.2) is 17.7 Å². The van der Waals surface area contributed by atoms with Gasteiger partial charge in [-0.15, -0.1) is 11.3 Å². The van der Waals surface area contributed by atoms with E-state index in [-0.39, 0.29) is 11.6 Å². The van der Waals surface area contributed by atoms with Gasteiger partial charge in [0.25, 0.3) is 0 Å². The molecule has 0 saturated carbocycles. The minimum absolute atomic E-state index is 0.00926. The number of hydrogen-bond acceptors (Lipinski definition) is 5. The molecule has 0 fully saturated rings. The molecule has 1 aromatic carbocycles. The van der Waals surface area contributed by atoms with Crippen molar-refractivity contribution in [3.63, 3.8) is 0 Å². The van der Waals surface area contributed by atoms with Crippen LogP contribution in [0.3, 0.4) is 0 Å². The van der Waals surface area contributed by atoms with Gasteiger partial charge < -0.3 is 5.73 Å². The van der Waals surface area contributed by atoms with Gasteiger partial charge in [0.2, 0.25) is 0 Å². The standard InChI is InChI=1S/C14H12ClN3O3S.C2H6/c1-8(19)12-6-9(7-22-12)13(16)18-21-14(20)17-11-4-2-10(15)3-5-11;1-2/h2-7H,1H3,(H2,16,18)(H,17,20);1-2H3. The van der Waals surface area contributed by atoms with E-state index in [2.05, 4.69) is 15.3 Å². The highest BCUT2D eigenvalue weighted by atomic mass is 35.5. The molecule has 24 heavy (non-hydrogen) atoms. The first-order valence-electron chi connectivity index (χ1n) is 7.12. The number of oxime groups is 1. The van der Waals surface area contributed by atoms with Gasteiger partial charge in [0, 0.05) is 21.7 Å². The number of amidine groups is 1. The van der Waals surface area contributed by atoms with Crippen LogP contribution in [0.5, 0.6) is 0 Å². The van der Waals surface area contributed by atoms with Gasteiger partial charge in [0.15, 0.2) is 11.6 Å². The molecular formula is C16H18ClN3O3S. The zero-order chi connectivity index (χ0) is 18.1. The third-order valence-electron chi connectivity index (χ3n) is 2.56. The van der Waals surface area contributed by atoms with Crippen LogP contribution in [-0.2, 0) is 4.84 Å². The maximum Gasteiger partial charge on any atom is 0.437 e. The van der Waals surface area contributed by atoms with Crippen LogP contribution in [0.2, 0.25) is 5.02 Å². The number of nitrogens with two attached hydrogens (primary N) is 1. The molecule has 3 N–H and O–H groups in total. The number of ketones is 1. The van der Waals surface area contributed by atoms with E-state index in [0.717, 1.165) is 0 Å². The largest absolute Gasteiger partial charge is 0.437 e. The predicted molar refractivity (Wildman–Crippen MR) is 98.0 cm³/mol. The van der Waals surface area contributed by atoms with Crippen molar-refractivity contribution < 1.29 is 14.4 Å². The van der Waals surface area contributed by atoms with E-state index in [1.807, 2.05) is 13.8 Å². The van der Waals surface area contributed by atoms with Gasteiger partial charge in [-0.3, -0.25) is 14.9 Å². The zero-order valence-corrected chi connectivity index (χ0v) is 15.1. The van der Waals surface area contributed by atoms with Crippen molar-refractivity contribution in [3.8, 4) is 0 Å². The summed E-state index contributed by atoms with van der Waals surface area (Å²) in [4.78, 5) is 28.0. The molecule has 1 aromatic heterocycles. The van der Waals surface area contributed by atoms with Crippen molar-refractivity contribution in [2.75, 3.05) is 5.32 Å². The third-order valence-corrected chi connectivity index (χ3v) is 3.84. The number of carbonyl (C=O) groups is 2. The fraction of sp³-hybridized carbons (Fsp3) is 0.188. The molecule has 6 nitrogen and oxygen atoms in total. The number of anilines is 1. The summed E-state index contributed by atoms with van der Waals surface area (Å²) in [5.74, 6) is -0.0551. The molecule has 0 saturated heterocycles. The molecule has 0 aliphatic rings. The normalized spacial score (nSPS) is 10.4. The molecule has 0 atom stereocenters. The first-order valence-corrected chi connectivity index (χ1v) is 8.38. The predicted octanol–water partition coefficient (Wildman–Crippen LogP) is 4.50. The van der Waals surface area contributed by atoms with Gasteiger partial charge in [-0.25, -0.2) is 4.79 Å². The molecule has 2 aromatic rings. The lowest BCUT2D eigenvalue weighted by Gasteiger charge is -2.03. The van der Waals surface area contributed by atoms with E-state index in [4.69, 9.17) is 17.3 Å². The smallest absolute Gasteiger partial charge is 0.380 e. The molecule has 2 rings (SSSR count). The fourth-order valence-corrected chi connectivity index (χ4v) is 2.40. The Hall–Kier alpha value is -2.38. The van der Waals surface area contributed by atoms with Crippen molar-refractivity contribution in [1.29, 1.82) is 0 Å². The summed E-state index contributed by atoms with van der Waals surface area (Å²) >= 11 is 6.98. The molecule has 1 amide bonds. The summed E-state index contributed by atoms with van der Waals surface area (Å²) in [6, 6.07) is 8.09. The molecule has 0 aliphatic heterocycles. The highest BCUT2D eigenvalue weighted by Crippen LogP contribution is 2.15. The second kappa shape index (κ2) is 9.69. The fourth-order valence-electron chi connectivity index (χ4n) is 1.47. The van der Waals surface area contributed by atoms with Crippen molar-refractivity contribution in [1.82, 2.24) is 0 Å². The number of benzene rings is 1. The average Bonchev–Trinajstić information content (AvgIpc) is 3.07. The van der Waals surface area contributed by atoms with Crippen molar-refractivity contribution in [3.05, 3.63) is 51.2 Å². The van der Waals surface area contributed by atoms with E-state index in [9.17, 15) is 9.59 Å². The number of thiophene rings is 1. The molecule has 1 heterocycles. The number of amides is 1. The monoisotopic (exact) mass is 367 g/mol. The molecule has 0 radical (unpaired) electrons. The van der Waals surface area contributed by atoms with E-state index in [1.165, 1.54) is 18.3 Å². The maximum absolute atomic E-state index is 11.6. The van der Waals surface area contributed by atoms with Gasteiger partial charge >= 0.3 is 6.09 Å². The second-order valence-corrected chi connectivity index (χ2v) is 5.59. The van der Waals surface area contributed by atoms with Gasteiger partial charge in [-0.1, -0.05) is 30.6 Å². The number of halogens is 1. The Morgan fingerprint density at radius 1 is 1.25 bits per heavy atom. The van der Waals surface area contributed by atoms with Gasteiger partial charge in [-0.05, 0) is 37.3 Å². The number of carbonyl (C=O) groups excluding carboxylic acids is 2. The van der Waals surface area contributed by atoms with Crippen molar-refractivity contribution >= 4 is 46.3 Å². The van der Waals surface area contributed by atoms with Crippen LogP contribution in [0, 0.1) is 0 Å². The highest BCUT2D eigenvalue weighted by molar-refractivity contribution is 7.12. The zero-order valence-electron chi connectivity index (χ0n) is 13.5. The van der Waals surface area contributed by atoms with Gasteiger partial charge in [0.1, 0.15) is 0 Å². The lowest BCUT2D eigenvalue weighted by Crippen LogP contribution is -2.17. The minimum Gasteiger partial charge on any atom is -0.380 e. The topological polar surface area (TPSA) is 93.8 Å². The van der Waals surface area contributed by atoms with Gasteiger partial charge in [-0.2, -0.15) is 0 Å². The lowest BCUT2D eigenvalue weighted by molar-refractivity contribution is 0.102. The molecular weight excluding hydrogens is 350 g/mol. The molecule has 0 unspecified atom stereocenters. The van der Waals surface area contributed by atoms with E-state index >= 15 is 0 Å². The van der Waals surface area contributed by atoms with Crippen LogP contribution < -0.4 is 11.1 Å². The Morgan fingerprint density at radius 2 is 1.88 bits per heavy atom. The van der Waals surface area contributed by atoms with E-state index in [0.29, 0.717) is 21.2 Å². The highest BCUT2D eigenvalue weighted by Gasteiger charge is 2.09. The Balaban J connectivity index is 0.00000139. The van der Waals surface area contributed by atoms with Crippen LogP contribution in [0.15, 0.2) is 40.9 Å². The third kappa shape index (κ3) is 6.02. The number of Topliss-reactive ketones (excluding diaryl/α,β-unsaturated/α-hetero) is 1. The number of nitrogens with one attached hydrogen (secondary N) is 1. The Labute approximate surface area is 149 Å². The molecule has 0 aliphatic carbocycles. The summed E-state index contributed by atoms with van der Waals surface area (Å²) in [5, 5.41) is 8.22. The Morgan fingerprint density at radius 3 is 2.42 bits per heavy atom. The van der Waals surface area contributed by atoms with Crippen LogP contribution in [0.4, 0.5) is 10.5 Å². The van der Waals surface area contributed by atoms with E-state index < -0.39 is 6.09 Å². The number of hydrogen-bond donors (Lipinski definition) is 2. The van der Waals surface area contributed by atoms with Crippen molar-refractivity contribution in [2.45, 2.75) is 20.8 Å². The Kier molecular flexibility index (Phi) is 7.94. The maximum atomic E-state index is 11.6. The quantitative estimate of drug-likeness (QED) is 0.273. The summed E-state index contributed by atoms with van der Waals surface area (Å²) in [7, 11) is 0. The lowest BCUT2D eigenvalue weighted by atomic mass is 10.2. The molecule has 0 spiro atoms. The summed E-state index contributed by atoms with van der Waals surface area (Å²) in [5.41, 5.74) is 6.73. The summed E-state index contributed by atoms with van der Waals surface area (Å²) in [6.45, 7) is 5.46. The molecule has 0 bridgehead atoms. The Bertz CT molecular complexity index is 726. The van der Waals surface area contributed by atoms with E-state index in [1.54, 1.807) is 35.7 Å². The summed E-state index contributed by atoms with van der Waals surface area (Å²) in [6.07, 6.45) is -0.785. The second-order valence-electron chi connectivity index (χ2n) is 4.24. The van der Waals surface area contributed by atoms with Crippen molar-refractivity contribution in [2.24, 2.45) is 10.9 Å². The number of nitrogens with zero attached hydrogens (tertiary/aromatic N) is 1. The van der Waals surface area contributed by atoms with Crippen LogP contribution >= 0.6 is 22.9 Å². The van der Waals surface area contributed by atoms with Gasteiger partial charge in [0.05, 0.1) is 4.88 Å². The average molecular weight is 368 g/mol. The first kappa shape index (κ1) is 19.7.